The van der Waals surface area contributed by atoms with E-state index in [4.69, 9.17) is 9.94 Å². The Labute approximate surface area is 178 Å². The lowest BCUT2D eigenvalue weighted by Gasteiger charge is -2.38. The molecule has 0 saturated carbocycles. The predicted molar refractivity (Wildman–Crippen MR) is 106 cm³/mol. The second kappa shape index (κ2) is 9.39. The molecule has 0 fully saturated rings. The number of hydroxylamine groups is 1. The molecule has 2 aromatic rings. The lowest BCUT2D eigenvalue weighted by atomic mass is 10.0. The van der Waals surface area contributed by atoms with Crippen molar-refractivity contribution in [3.05, 3.63) is 54.3 Å². The third-order valence-corrected chi connectivity index (χ3v) is 5.74. The van der Waals surface area contributed by atoms with Crippen LogP contribution in [0.3, 0.4) is 0 Å². The molecule has 31 heavy (non-hydrogen) atoms. The number of halogens is 1. The standard InChI is InChI=1S/C19H22FN3O7S/c1-12(17(24)25)23(19(2,3)18(26)21-27)22-31(28,29)16-10-8-15(9-11-16)30-14-6-4-13(20)5-7-14/h4-12,22,27H,1-3H3,(H,21,26)(H,24,25). The molecule has 1 unspecified atom stereocenters. The molecular formula is C19H22FN3O7S. The van der Waals surface area contributed by atoms with Gasteiger partial charge in [0.25, 0.3) is 15.9 Å². The largest absolute Gasteiger partial charge is 0.480 e. The normalized spacial score (nSPS) is 13.0. The highest BCUT2D eigenvalue weighted by Crippen LogP contribution is 2.24. The third kappa shape index (κ3) is 5.76. The molecule has 0 radical (unpaired) electrons. The Morgan fingerprint density at radius 3 is 2.00 bits per heavy atom. The number of carboxylic acids is 1. The quantitative estimate of drug-likeness (QED) is 0.331. The molecular weight excluding hydrogens is 433 g/mol. The van der Waals surface area contributed by atoms with Gasteiger partial charge >= 0.3 is 5.97 Å². The minimum atomic E-state index is -4.31. The van der Waals surface area contributed by atoms with Gasteiger partial charge < -0.3 is 9.84 Å². The lowest BCUT2D eigenvalue weighted by Crippen LogP contribution is -2.65. The number of carbonyl (C=O) groups is 2. The molecule has 0 aliphatic heterocycles. The number of aliphatic carboxylic acids is 1. The molecule has 0 heterocycles. The van der Waals surface area contributed by atoms with Crippen molar-refractivity contribution >= 4 is 21.9 Å². The fourth-order valence-corrected chi connectivity index (χ4v) is 3.79. The number of benzene rings is 2. The lowest BCUT2D eigenvalue weighted by molar-refractivity contribution is -0.152. The molecule has 0 aromatic heterocycles. The van der Waals surface area contributed by atoms with E-state index in [9.17, 15) is 27.5 Å². The molecule has 0 spiro atoms. The van der Waals surface area contributed by atoms with Gasteiger partial charge in [0.15, 0.2) is 0 Å². The van der Waals surface area contributed by atoms with Crippen molar-refractivity contribution in [3.63, 3.8) is 0 Å². The Hall–Kier alpha value is -3.06. The van der Waals surface area contributed by atoms with Crippen molar-refractivity contribution in [2.75, 3.05) is 0 Å². The summed E-state index contributed by atoms with van der Waals surface area (Å²) >= 11 is 0. The summed E-state index contributed by atoms with van der Waals surface area (Å²) in [6.07, 6.45) is 0. The van der Waals surface area contributed by atoms with Crippen molar-refractivity contribution < 1.29 is 37.4 Å². The molecule has 1 amide bonds. The molecule has 1 atom stereocenters. The van der Waals surface area contributed by atoms with Crippen LogP contribution in [0, 0.1) is 5.82 Å². The van der Waals surface area contributed by atoms with Crippen LogP contribution in [0.5, 0.6) is 11.5 Å². The SMILES string of the molecule is CC(C(=O)O)N(NS(=O)(=O)c1ccc(Oc2ccc(F)cc2)cc1)C(C)(C)C(=O)NO. The number of sulfonamides is 1. The first-order valence-electron chi connectivity index (χ1n) is 8.91. The van der Waals surface area contributed by atoms with E-state index in [0.717, 1.165) is 0 Å². The van der Waals surface area contributed by atoms with Crippen LogP contribution in [-0.4, -0.2) is 47.2 Å². The maximum atomic E-state index is 13.0. The van der Waals surface area contributed by atoms with Gasteiger partial charge in [0, 0.05) is 0 Å². The Balaban J connectivity index is 2.28. The van der Waals surface area contributed by atoms with E-state index in [1.807, 2.05) is 0 Å². The molecule has 0 saturated heterocycles. The van der Waals surface area contributed by atoms with Gasteiger partial charge in [-0.15, -0.1) is 4.83 Å². The van der Waals surface area contributed by atoms with Crippen molar-refractivity contribution in [3.8, 4) is 11.5 Å². The van der Waals surface area contributed by atoms with E-state index in [2.05, 4.69) is 4.83 Å². The number of nitrogens with one attached hydrogen (secondary N) is 2. The van der Waals surface area contributed by atoms with Gasteiger partial charge in [-0.3, -0.25) is 14.8 Å². The minimum absolute atomic E-state index is 0.234. The second-order valence-corrected chi connectivity index (χ2v) is 8.67. The Kier molecular flexibility index (Phi) is 7.33. The summed E-state index contributed by atoms with van der Waals surface area (Å²) in [6.45, 7) is 3.65. The van der Waals surface area contributed by atoms with Gasteiger partial charge in [-0.2, -0.15) is 0 Å². The number of amides is 1. The van der Waals surface area contributed by atoms with Gasteiger partial charge in [-0.1, -0.05) is 0 Å². The van der Waals surface area contributed by atoms with Crippen LogP contribution in [0.4, 0.5) is 4.39 Å². The van der Waals surface area contributed by atoms with Gasteiger partial charge in [0.2, 0.25) is 0 Å². The molecule has 0 bridgehead atoms. The van der Waals surface area contributed by atoms with Gasteiger partial charge in [-0.05, 0) is 69.3 Å². The van der Waals surface area contributed by atoms with E-state index < -0.39 is 39.3 Å². The number of ether oxygens (including phenoxy) is 1. The number of hydrogen-bond donors (Lipinski definition) is 4. The zero-order valence-electron chi connectivity index (χ0n) is 16.9. The summed E-state index contributed by atoms with van der Waals surface area (Å²) in [6, 6.07) is 8.91. The smallest absolute Gasteiger partial charge is 0.322 e. The van der Waals surface area contributed by atoms with Gasteiger partial charge in [0.1, 0.15) is 28.9 Å². The molecule has 2 aromatic carbocycles. The Bertz CT molecular complexity index is 1040. The van der Waals surface area contributed by atoms with Crippen molar-refractivity contribution in [2.24, 2.45) is 0 Å². The first-order valence-corrected chi connectivity index (χ1v) is 10.4. The zero-order chi connectivity index (χ0) is 23.4. The number of rotatable bonds is 9. The fourth-order valence-electron chi connectivity index (χ4n) is 2.54. The van der Waals surface area contributed by atoms with Crippen molar-refractivity contribution in [1.29, 1.82) is 0 Å². The molecule has 168 valence electrons. The molecule has 2 rings (SSSR count). The van der Waals surface area contributed by atoms with E-state index in [1.54, 1.807) is 0 Å². The minimum Gasteiger partial charge on any atom is -0.480 e. The summed E-state index contributed by atoms with van der Waals surface area (Å²) in [7, 11) is -4.31. The van der Waals surface area contributed by atoms with Gasteiger partial charge in [-0.25, -0.2) is 23.3 Å². The number of hydrogen-bond acceptors (Lipinski definition) is 7. The Morgan fingerprint density at radius 1 is 1.06 bits per heavy atom. The van der Waals surface area contributed by atoms with E-state index in [0.29, 0.717) is 10.8 Å². The van der Waals surface area contributed by atoms with Crippen LogP contribution >= 0.6 is 0 Å². The van der Waals surface area contributed by atoms with Crippen molar-refractivity contribution in [1.82, 2.24) is 15.3 Å². The Morgan fingerprint density at radius 2 is 1.55 bits per heavy atom. The predicted octanol–water partition coefficient (Wildman–Crippen LogP) is 1.87. The molecule has 4 N–H and O–H groups in total. The fraction of sp³-hybridized carbons (Fsp3) is 0.263. The highest BCUT2D eigenvalue weighted by molar-refractivity contribution is 7.89. The molecule has 10 nitrogen and oxygen atoms in total. The summed E-state index contributed by atoms with van der Waals surface area (Å²) in [4.78, 5) is 25.3. The maximum absolute atomic E-state index is 13.0. The zero-order valence-corrected chi connectivity index (χ0v) is 17.7. The first kappa shape index (κ1) is 24.2. The second-order valence-electron chi connectivity index (χ2n) is 7.01. The summed E-state index contributed by atoms with van der Waals surface area (Å²) < 4.78 is 44.1. The van der Waals surface area contributed by atoms with Crippen LogP contribution in [0.1, 0.15) is 20.8 Å². The number of carboxylic acid groups (broad SMARTS) is 1. The topological polar surface area (TPSA) is 145 Å². The number of hydrazine groups is 1. The van der Waals surface area contributed by atoms with Crippen LogP contribution in [0.15, 0.2) is 53.4 Å². The van der Waals surface area contributed by atoms with Crippen LogP contribution in [-0.2, 0) is 19.6 Å². The number of nitrogens with zero attached hydrogens (tertiary/aromatic N) is 1. The molecule has 12 heteroatoms. The van der Waals surface area contributed by atoms with E-state index in [1.165, 1.54) is 74.8 Å². The van der Waals surface area contributed by atoms with Crippen LogP contribution < -0.4 is 15.0 Å². The molecule has 0 aliphatic carbocycles. The van der Waals surface area contributed by atoms with Crippen LogP contribution in [0.25, 0.3) is 0 Å². The highest BCUT2D eigenvalue weighted by Gasteiger charge is 2.42. The summed E-state index contributed by atoms with van der Waals surface area (Å²) in [5.41, 5.74) is -0.368. The van der Waals surface area contributed by atoms with Crippen molar-refractivity contribution in [2.45, 2.75) is 37.2 Å². The van der Waals surface area contributed by atoms with Gasteiger partial charge in [0.05, 0.1) is 4.90 Å². The third-order valence-electron chi connectivity index (χ3n) is 4.41. The summed E-state index contributed by atoms with van der Waals surface area (Å²) in [5.74, 6) is -2.23. The average Bonchev–Trinajstić information content (AvgIpc) is 2.72. The molecule has 0 aliphatic rings. The first-order chi connectivity index (χ1) is 14.4. The van der Waals surface area contributed by atoms with Crippen LogP contribution in [0.2, 0.25) is 0 Å². The number of carbonyl (C=O) groups excluding carboxylic acids is 1. The van der Waals surface area contributed by atoms with E-state index >= 15 is 0 Å². The summed E-state index contributed by atoms with van der Waals surface area (Å²) in [5, 5.41) is 19.0. The average molecular weight is 455 g/mol. The van der Waals surface area contributed by atoms with E-state index in [-0.39, 0.29) is 10.6 Å². The highest BCUT2D eigenvalue weighted by atomic mass is 32.2. The monoisotopic (exact) mass is 455 g/mol. The maximum Gasteiger partial charge on any atom is 0.322 e.